The lowest BCUT2D eigenvalue weighted by atomic mass is 10.3. The molecule has 0 atom stereocenters. The van der Waals surface area contributed by atoms with Crippen LogP contribution in [-0.4, -0.2) is 22.3 Å². The minimum absolute atomic E-state index is 0.423. The monoisotopic (exact) mass is 193 g/mol. The second-order valence-electron chi connectivity index (χ2n) is 2.97. The second-order valence-corrected chi connectivity index (χ2v) is 2.97. The fourth-order valence-corrected chi connectivity index (χ4v) is 1.20. The number of nitrogens with zero attached hydrogens (tertiary/aromatic N) is 2. The summed E-state index contributed by atoms with van der Waals surface area (Å²) < 4.78 is 10.2. The maximum atomic E-state index is 5.26. The molecule has 0 saturated carbocycles. The molecule has 2 aromatic heterocycles. The molecule has 5 nitrogen and oxygen atoms in total. The largest absolute Gasteiger partial charge is 0.461 e. The van der Waals surface area contributed by atoms with Gasteiger partial charge in [-0.1, -0.05) is 0 Å². The fourth-order valence-electron chi connectivity index (χ4n) is 1.20. The van der Waals surface area contributed by atoms with E-state index in [0.29, 0.717) is 24.0 Å². The van der Waals surface area contributed by atoms with Crippen LogP contribution in [0.3, 0.4) is 0 Å². The molecule has 0 aliphatic carbocycles. The Morgan fingerprint density at radius 2 is 2.43 bits per heavy atom. The van der Waals surface area contributed by atoms with Crippen LogP contribution in [0.1, 0.15) is 11.4 Å². The van der Waals surface area contributed by atoms with E-state index in [2.05, 4.69) is 15.2 Å². The van der Waals surface area contributed by atoms with Gasteiger partial charge in [0.2, 0.25) is 5.82 Å². The third kappa shape index (κ3) is 1.54. The molecule has 2 heterocycles. The van der Waals surface area contributed by atoms with E-state index in [1.54, 1.807) is 13.4 Å². The van der Waals surface area contributed by atoms with Crippen LogP contribution in [0.5, 0.6) is 0 Å². The van der Waals surface area contributed by atoms with E-state index in [4.69, 9.17) is 9.15 Å². The molecule has 14 heavy (non-hydrogen) atoms. The highest BCUT2D eigenvalue weighted by Crippen LogP contribution is 2.20. The number of methoxy groups -OCH3 is 1. The Kier molecular flexibility index (Phi) is 2.32. The van der Waals surface area contributed by atoms with Crippen molar-refractivity contribution in [3.63, 3.8) is 0 Å². The second kappa shape index (κ2) is 3.63. The van der Waals surface area contributed by atoms with Gasteiger partial charge >= 0.3 is 0 Å². The zero-order valence-corrected chi connectivity index (χ0v) is 8.07. The minimum atomic E-state index is 0.423. The topological polar surface area (TPSA) is 63.9 Å². The molecule has 0 bridgehead atoms. The summed E-state index contributed by atoms with van der Waals surface area (Å²) in [5, 5.41) is 6.80. The van der Waals surface area contributed by atoms with E-state index in [1.807, 2.05) is 13.0 Å². The fraction of sp³-hybridized carbons (Fsp3) is 0.333. The summed E-state index contributed by atoms with van der Waals surface area (Å²) in [5.41, 5.74) is 1.02. The van der Waals surface area contributed by atoms with Crippen molar-refractivity contribution in [1.82, 2.24) is 15.2 Å². The van der Waals surface area contributed by atoms with E-state index in [-0.39, 0.29) is 0 Å². The van der Waals surface area contributed by atoms with Crippen LogP contribution in [-0.2, 0) is 11.3 Å². The van der Waals surface area contributed by atoms with E-state index in [9.17, 15) is 0 Å². The van der Waals surface area contributed by atoms with Gasteiger partial charge in [-0.2, -0.15) is 0 Å². The predicted molar refractivity (Wildman–Crippen MR) is 49.5 cm³/mol. The van der Waals surface area contributed by atoms with Gasteiger partial charge in [-0.25, -0.2) is 4.98 Å². The number of aromatic amines is 1. The lowest BCUT2D eigenvalue weighted by molar-refractivity contribution is 0.178. The summed E-state index contributed by atoms with van der Waals surface area (Å²) in [5.74, 6) is 1.96. The first-order chi connectivity index (χ1) is 6.81. The van der Waals surface area contributed by atoms with E-state index < -0.39 is 0 Å². The highest BCUT2D eigenvalue weighted by atomic mass is 16.5. The number of H-pyrrole nitrogens is 1. The summed E-state index contributed by atoms with van der Waals surface area (Å²) in [6.45, 7) is 2.37. The molecule has 0 unspecified atom stereocenters. The summed E-state index contributed by atoms with van der Waals surface area (Å²) in [6.07, 6.45) is 1.62. The first-order valence-corrected chi connectivity index (χ1v) is 4.26. The van der Waals surface area contributed by atoms with Crippen molar-refractivity contribution in [2.75, 3.05) is 7.11 Å². The van der Waals surface area contributed by atoms with Gasteiger partial charge in [0, 0.05) is 7.11 Å². The first-order valence-electron chi connectivity index (χ1n) is 4.26. The number of rotatable bonds is 3. The predicted octanol–water partition coefficient (Wildman–Crippen LogP) is 1.52. The molecule has 2 aromatic rings. The van der Waals surface area contributed by atoms with Gasteiger partial charge in [0.05, 0.1) is 6.26 Å². The Balaban J connectivity index is 2.29. The van der Waals surface area contributed by atoms with E-state index >= 15 is 0 Å². The van der Waals surface area contributed by atoms with Crippen LogP contribution in [0.2, 0.25) is 0 Å². The molecule has 5 heteroatoms. The standard InChI is InChI=1S/C9H11N3O2/c1-6-3-4-14-8(6)9-10-7(5-13-2)11-12-9/h3-4H,5H2,1-2H3,(H,10,11,12). The number of aromatic nitrogens is 3. The first kappa shape index (κ1) is 8.96. The van der Waals surface area contributed by atoms with Gasteiger partial charge in [0.25, 0.3) is 0 Å². The molecule has 1 N–H and O–H groups in total. The maximum absolute atomic E-state index is 5.26. The molecule has 0 saturated heterocycles. The quantitative estimate of drug-likeness (QED) is 0.802. The molecule has 0 aliphatic heterocycles. The average Bonchev–Trinajstić information content (AvgIpc) is 2.74. The number of nitrogens with one attached hydrogen (secondary N) is 1. The molecule has 0 amide bonds. The Morgan fingerprint density at radius 1 is 1.57 bits per heavy atom. The number of aryl methyl sites for hydroxylation is 1. The van der Waals surface area contributed by atoms with Crippen molar-refractivity contribution in [2.45, 2.75) is 13.5 Å². The molecule has 0 fully saturated rings. The lowest BCUT2D eigenvalue weighted by Gasteiger charge is -1.90. The highest BCUT2D eigenvalue weighted by Gasteiger charge is 2.10. The summed E-state index contributed by atoms with van der Waals surface area (Å²) >= 11 is 0. The third-order valence-electron chi connectivity index (χ3n) is 1.88. The number of furan rings is 1. The number of hydrogen-bond acceptors (Lipinski definition) is 4. The van der Waals surface area contributed by atoms with Gasteiger partial charge in [-0.15, -0.1) is 5.10 Å². The molecule has 0 aromatic carbocycles. The zero-order valence-electron chi connectivity index (χ0n) is 8.07. The van der Waals surface area contributed by atoms with E-state index in [1.165, 1.54) is 0 Å². The van der Waals surface area contributed by atoms with Crippen molar-refractivity contribution < 1.29 is 9.15 Å². The SMILES string of the molecule is COCc1nc(-c2occc2C)n[nH]1. The smallest absolute Gasteiger partial charge is 0.217 e. The summed E-state index contributed by atoms with van der Waals surface area (Å²) in [4.78, 5) is 4.22. The Bertz CT molecular complexity index is 419. The average molecular weight is 193 g/mol. The van der Waals surface area contributed by atoms with Gasteiger partial charge < -0.3 is 9.15 Å². The minimum Gasteiger partial charge on any atom is -0.461 e. The summed E-state index contributed by atoms with van der Waals surface area (Å²) in [7, 11) is 1.61. The van der Waals surface area contributed by atoms with Crippen LogP contribution in [0.4, 0.5) is 0 Å². The molecular weight excluding hydrogens is 182 g/mol. The van der Waals surface area contributed by atoms with Gasteiger partial charge in [0.15, 0.2) is 11.6 Å². The molecule has 0 radical (unpaired) electrons. The van der Waals surface area contributed by atoms with Crippen molar-refractivity contribution in [3.8, 4) is 11.6 Å². The third-order valence-corrected chi connectivity index (χ3v) is 1.88. The lowest BCUT2D eigenvalue weighted by Crippen LogP contribution is -1.89. The van der Waals surface area contributed by atoms with Gasteiger partial charge in [0.1, 0.15) is 6.61 Å². The van der Waals surface area contributed by atoms with Crippen LogP contribution >= 0.6 is 0 Å². The number of hydrogen-bond donors (Lipinski definition) is 1. The Labute approximate surface area is 81.1 Å². The molecule has 0 aliphatic rings. The van der Waals surface area contributed by atoms with Crippen LogP contribution in [0.15, 0.2) is 16.7 Å². The van der Waals surface area contributed by atoms with Crippen LogP contribution < -0.4 is 0 Å². The maximum Gasteiger partial charge on any atom is 0.217 e. The normalized spacial score (nSPS) is 10.7. The Morgan fingerprint density at radius 3 is 3.07 bits per heavy atom. The zero-order chi connectivity index (χ0) is 9.97. The number of ether oxygens (including phenoxy) is 1. The molecule has 74 valence electrons. The van der Waals surface area contributed by atoms with Crippen molar-refractivity contribution >= 4 is 0 Å². The van der Waals surface area contributed by atoms with Gasteiger partial charge in [-0.3, -0.25) is 5.10 Å². The molecular formula is C9H11N3O2. The van der Waals surface area contributed by atoms with E-state index in [0.717, 1.165) is 5.56 Å². The van der Waals surface area contributed by atoms with Crippen LogP contribution in [0, 0.1) is 6.92 Å². The summed E-state index contributed by atoms with van der Waals surface area (Å²) in [6, 6.07) is 1.88. The van der Waals surface area contributed by atoms with Crippen LogP contribution in [0.25, 0.3) is 11.6 Å². The van der Waals surface area contributed by atoms with Crippen molar-refractivity contribution in [2.24, 2.45) is 0 Å². The Hall–Kier alpha value is -1.62. The van der Waals surface area contributed by atoms with Crippen molar-refractivity contribution in [3.05, 3.63) is 23.7 Å². The van der Waals surface area contributed by atoms with Gasteiger partial charge in [-0.05, 0) is 18.6 Å². The van der Waals surface area contributed by atoms with Crippen molar-refractivity contribution in [1.29, 1.82) is 0 Å². The molecule has 0 spiro atoms. The molecule has 2 rings (SSSR count). The highest BCUT2D eigenvalue weighted by molar-refractivity contribution is 5.51.